The molecule has 5 nitrogen and oxygen atoms in total. The van der Waals surface area contributed by atoms with E-state index in [1.807, 2.05) is 26.0 Å². The molecule has 1 aromatic carbocycles. The zero-order chi connectivity index (χ0) is 17.4. The number of aryl methyl sites for hydroxylation is 2. The number of hydrogen-bond donors (Lipinski definition) is 3. The SMILES string of the molecule is Cc1ccc(NCC(=O)NNC(=O)CCC2CCCCC2)c(C)c1. The van der Waals surface area contributed by atoms with Crippen molar-refractivity contribution in [2.75, 3.05) is 11.9 Å². The van der Waals surface area contributed by atoms with E-state index < -0.39 is 0 Å². The molecule has 132 valence electrons. The molecule has 24 heavy (non-hydrogen) atoms. The summed E-state index contributed by atoms with van der Waals surface area (Å²) < 4.78 is 0. The Hall–Kier alpha value is -2.04. The molecular formula is C19H29N3O2. The number of carbonyl (C=O) groups excluding carboxylic acids is 2. The first-order chi connectivity index (χ1) is 11.5. The van der Waals surface area contributed by atoms with Crippen molar-refractivity contribution in [1.82, 2.24) is 10.9 Å². The van der Waals surface area contributed by atoms with Crippen LogP contribution in [0.3, 0.4) is 0 Å². The van der Waals surface area contributed by atoms with E-state index in [1.54, 1.807) is 0 Å². The maximum Gasteiger partial charge on any atom is 0.257 e. The second-order valence-corrected chi connectivity index (χ2v) is 6.81. The van der Waals surface area contributed by atoms with Crippen LogP contribution < -0.4 is 16.2 Å². The van der Waals surface area contributed by atoms with Crippen LogP contribution in [0, 0.1) is 19.8 Å². The Morgan fingerprint density at radius 2 is 1.75 bits per heavy atom. The number of benzene rings is 1. The summed E-state index contributed by atoms with van der Waals surface area (Å²) in [6, 6.07) is 6.02. The summed E-state index contributed by atoms with van der Waals surface area (Å²) in [6.07, 6.45) is 7.77. The van der Waals surface area contributed by atoms with Gasteiger partial charge in [0.25, 0.3) is 5.91 Å². The predicted molar refractivity (Wildman–Crippen MR) is 96.5 cm³/mol. The van der Waals surface area contributed by atoms with Crippen LogP contribution in [-0.2, 0) is 9.59 Å². The zero-order valence-electron chi connectivity index (χ0n) is 14.8. The number of hydrogen-bond acceptors (Lipinski definition) is 3. The third-order valence-corrected chi connectivity index (χ3v) is 4.67. The van der Waals surface area contributed by atoms with Crippen LogP contribution in [0.4, 0.5) is 5.69 Å². The summed E-state index contributed by atoms with van der Waals surface area (Å²) in [6.45, 7) is 4.17. The maximum absolute atomic E-state index is 11.8. The van der Waals surface area contributed by atoms with Gasteiger partial charge in [-0.2, -0.15) is 0 Å². The Labute approximate surface area is 144 Å². The average molecular weight is 331 g/mol. The van der Waals surface area contributed by atoms with Crippen molar-refractivity contribution in [2.24, 2.45) is 5.92 Å². The van der Waals surface area contributed by atoms with E-state index in [0.717, 1.165) is 17.7 Å². The molecule has 0 radical (unpaired) electrons. The largest absolute Gasteiger partial charge is 0.376 e. The summed E-state index contributed by atoms with van der Waals surface area (Å²) >= 11 is 0. The monoisotopic (exact) mass is 331 g/mol. The van der Waals surface area contributed by atoms with Gasteiger partial charge in [-0.1, -0.05) is 49.8 Å². The number of nitrogens with one attached hydrogen (secondary N) is 3. The van der Waals surface area contributed by atoms with Crippen molar-refractivity contribution >= 4 is 17.5 Å². The van der Waals surface area contributed by atoms with Crippen molar-refractivity contribution in [1.29, 1.82) is 0 Å². The van der Waals surface area contributed by atoms with Gasteiger partial charge in [0.15, 0.2) is 0 Å². The number of hydrazine groups is 1. The van der Waals surface area contributed by atoms with Crippen molar-refractivity contribution < 1.29 is 9.59 Å². The van der Waals surface area contributed by atoms with Crippen molar-refractivity contribution in [3.8, 4) is 0 Å². The van der Waals surface area contributed by atoms with Gasteiger partial charge in [-0.3, -0.25) is 20.4 Å². The first-order valence-electron chi connectivity index (χ1n) is 8.93. The van der Waals surface area contributed by atoms with Crippen LogP contribution >= 0.6 is 0 Å². The second kappa shape index (κ2) is 9.30. The second-order valence-electron chi connectivity index (χ2n) is 6.81. The summed E-state index contributed by atoms with van der Waals surface area (Å²) in [5, 5.41) is 3.08. The fraction of sp³-hybridized carbons (Fsp3) is 0.579. The van der Waals surface area contributed by atoms with Gasteiger partial charge in [0.1, 0.15) is 0 Å². The maximum atomic E-state index is 11.8. The standard InChI is InChI=1S/C19H29N3O2/c1-14-8-10-17(15(2)12-14)20-13-19(24)22-21-18(23)11-9-16-6-4-3-5-7-16/h8,10,12,16,20H,3-7,9,11,13H2,1-2H3,(H,21,23)(H,22,24). The first-order valence-corrected chi connectivity index (χ1v) is 8.93. The van der Waals surface area contributed by atoms with Gasteiger partial charge in [-0.05, 0) is 37.8 Å². The minimum absolute atomic E-state index is 0.111. The van der Waals surface area contributed by atoms with E-state index in [2.05, 4.69) is 22.2 Å². The van der Waals surface area contributed by atoms with Gasteiger partial charge in [0.2, 0.25) is 5.91 Å². The van der Waals surface area contributed by atoms with E-state index in [1.165, 1.54) is 37.7 Å². The van der Waals surface area contributed by atoms with Crippen LogP contribution in [-0.4, -0.2) is 18.4 Å². The molecule has 1 fully saturated rings. The fourth-order valence-corrected chi connectivity index (χ4v) is 3.24. The van der Waals surface area contributed by atoms with E-state index in [-0.39, 0.29) is 18.4 Å². The smallest absolute Gasteiger partial charge is 0.257 e. The van der Waals surface area contributed by atoms with E-state index in [9.17, 15) is 9.59 Å². The average Bonchev–Trinajstić information content (AvgIpc) is 2.58. The van der Waals surface area contributed by atoms with Crippen LogP contribution in [0.1, 0.15) is 56.1 Å². The Kier molecular flexibility index (Phi) is 7.09. The molecule has 2 rings (SSSR count). The highest BCUT2D eigenvalue weighted by Crippen LogP contribution is 2.27. The molecule has 0 aromatic heterocycles. The van der Waals surface area contributed by atoms with Gasteiger partial charge in [0.05, 0.1) is 6.54 Å². The molecule has 0 bridgehead atoms. The molecule has 5 heteroatoms. The van der Waals surface area contributed by atoms with E-state index >= 15 is 0 Å². The third-order valence-electron chi connectivity index (χ3n) is 4.67. The molecule has 0 heterocycles. The summed E-state index contributed by atoms with van der Waals surface area (Å²) in [4.78, 5) is 23.6. The van der Waals surface area contributed by atoms with E-state index in [0.29, 0.717) is 12.3 Å². The van der Waals surface area contributed by atoms with E-state index in [4.69, 9.17) is 0 Å². The number of anilines is 1. The van der Waals surface area contributed by atoms with Crippen LogP contribution in [0.5, 0.6) is 0 Å². The Balaban J connectivity index is 1.62. The van der Waals surface area contributed by atoms with Crippen LogP contribution in [0.2, 0.25) is 0 Å². The number of carbonyl (C=O) groups is 2. The Bertz CT molecular complexity index is 566. The molecule has 1 saturated carbocycles. The fourth-order valence-electron chi connectivity index (χ4n) is 3.24. The molecule has 1 aliphatic carbocycles. The molecule has 0 aliphatic heterocycles. The third kappa shape index (κ3) is 6.22. The quantitative estimate of drug-likeness (QED) is 0.701. The minimum atomic E-state index is -0.249. The van der Waals surface area contributed by atoms with Gasteiger partial charge in [-0.15, -0.1) is 0 Å². The summed E-state index contributed by atoms with van der Waals surface area (Å²) in [7, 11) is 0. The molecular weight excluding hydrogens is 302 g/mol. The Morgan fingerprint density at radius 1 is 1.04 bits per heavy atom. The highest BCUT2D eigenvalue weighted by Gasteiger charge is 2.15. The normalized spacial score (nSPS) is 14.9. The lowest BCUT2D eigenvalue weighted by atomic mass is 9.86. The molecule has 0 saturated heterocycles. The Morgan fingerprint density at radius 3 is 2.46 bits per heavy atom. The van der Waals surface area contributed by atoms with Gasteiger partial charge >= 0.3 is 0 Å². The lowest BCUT2D eigenvalue weighted by molar-refractivity contribution is -0.128. The highest BCUT2D eigenvalue weighted by atomic mass is 16.2. The van der Waals surface area contributed by atoms with Crippen molar-refractivity contribution in [2.45, 2.75) is 58.8 Å². The number of amides is 2. The van der Waals surface area contributed by atoms with Crippen LogP contribution in [0.15, 0.2) is 18.2 Å². The molecule has 1 aliphatic rings. The van der Waals surface area contributed by atoms with Gasteiger partial charge in [-0.25, -0.2) is 0 Å². The molecule has 3 N–H and O–H groups in total. The predicted octanol–water partition coefficient (Wildman–Crippen LogP) is 3.22. The number of rotatable bonds is 6. The van der Waals surface area contributed by atoms with Gasteiger partial charge < -0.3 is 5.32 Å². The van der Waals surface area contributed by atoms with Crippen molar-refractivity contribution in [3.63, 3.8) is 0 Å². The lowest BCUT2D eigenvalue weighted by Gasteiger charge is -2.21. The van der Waals surface area contributed by atoms with Crippen molar-refractivity contribution in [3.05, 3.63) is 29.3 Å². The van der Waals surface area contributed by atoms with Gasteiger partial charge in [0, 0.05) is 12.1 Å². The molecule has 0 unspecified atom stereocenters. The molecule has 1 aromatic rings. The zero-order valence-corrected chi connectivity index (χ0v) is 14.8. The molecule has 2 amide bonds. The van der Waals surface area contributed by atoms with Crippen LogP contribution in [0.25, 0.3) is 0 Å². The topological polar surface area (TPSA) is 70.2 Å². The lowest BCUT2D eigenvalue weighted by Crippen LogP contribution is -2.44. The molecule has 0 atom stereocenters. The highest BCUT2D eigenvalue weighted by molar-refractivity contribution is 5.84. The molecule has 0 spiro atoms. The minimum Gasteiger partial charge on any atom is -0.376 e. The summed E-state index contributed by atoms with van der Waals surface area (Å²) in [5.41, 5.74) is 8.19. The first kappa shape index (κ1) is 18.3. The summed E-state index contributed by atoms with van der Waals surface area (Å²) in [5.74, 6) is 0.313.